The number of carbonyl (C=O) groups is 1. The van der Waals surface area contributed by atoms with E-state index in [1.54, 1.807) is 0 Å². The molecule has 0 radical (unpaired) electrons. The molecule has 0 saturated heterocycles. The average molecular weight is 326 g/mol. The fourth-order valence-corrected chi connectivity index (χ4v) is 3.50. The quantitative estimate of drug-likeness (QED) is 0.887. The number of benzene rings is 1. The lowest BCUT2D eigenvalue weighted by atomic mass is 9.96. The minimum atomic E-state index is -0.118. The molecular formula is C19H26N4O. The van der Waals surface area contributed by atoms with Crippen LogP contribution in [-0.2, 0) is 12.5 Å². The van der Waals surface area contributed by atoms with E-state index < -0.39 is 0 Å². The monoisotopic (exact) mass is 326 g/mol. The third-order valence-electron chi connectivity index (χ3n) is 5.17. The molecule has 128 valence electrons. The van der Waals surface area contributed by atoms with E-state index in [9.17, 15) is 4.79 Å². The smallest absolute Gasteiger partial charge is 0.315 e. The number of rotatable bonds is 5. The van der Waals surface area contributed by atoms with Crippen LogP contribution in [0, 0.1) is 13.8 Å². The van der Waals surface area contributed by atoms with Gasteiger partial charge in [-0.15, -0.1) is 0 Å². The molecule has 1 heterocycles. The first-order valence-electron chi connectivity index (χ1n) is 8.53. The van der Waals surface area contributed by atoms with Crippen molar-refractivity contribution in [2.75, 3.05) is 6.54 Å². The lowest BCUT2D eigenvalue weighted by Gasteiger charge is -2.19. The number of carbonyl (C=O) groups excluding carboxylic acids is 1. The molecule has 2 aromatic rings. The molecule has 3 rings (SSSR count). The van der Waals surface area contributed by atoms with E-state index in [0.29, 0.717) is 6.54 Å². The number of urea groups is 1. The van der Waals surface area contributed by atoms with Gasteiger partial charge < -0.3 is 10.6 Å². The van der Waals surface area contributed by atoms with Crippen molar-refractivity contribution in [3.05, 3.63) is 52.8 Å². The summed E-state index contributed by atoms with van der Waals surface area (Å²) in [5.74, 6) is 0. The Balaban J connectivity index is 1.58. The van der Waals surface area contributed by atoms with Crippen molar-refractivity contribution in [1.82, 2.24) is 20.4 Å². The van der Waals surface area contributed by atoms with Crippen molar-refractivity contribution in [2.45, 2.75) is 45.1 Å². The maximum Gasteiger partial charge on any atom is 0.315 e. The van der Waals surface area contributed by atoms with Gasteiger partial charge in [0, 0.05) is 30.3 Å². The Morgan fingerprint density at radius 2 is 1.96 bits per heavy atom. The SMILES string of the molecule is Cc1nn(C)c(C)c1C(C)NC(=O)NCC1(c2ccccc2)CC1. The van der Waals surface area contributed by atoms with E-state index in [1.165, 1.54) is 5.56 Å². The van der Waals surface area contributed by atoms with E-state index in [0.717, 1.165) is 29.8 Å². The third kappa shape index (κ3) is 3.16. The van der Waals surface area contributed by atoms with Crippen molar-refractivity contribution >= 4 is 6.03 Å². The van der Waals surface area contributed by atoms with Crippen molar-refractivity contribution in [1.29, 1.82) is 0 Å². The normalized spacial score (nSPS) is 16.5. The van der Waals surface area contributed by atoms with E-state index >= 15 is 0 Å². The zero-order chi connectivity index (χ0) is 17.3. The van der Waals surface area contributed by atoms with E-state index in [4.69, 9.17) is 0 Å². The predicted molar refractivity (Wildman–Crippen MR) is 95.0 cm³/mol. The molecule has 1 aliphatic rings. The van der Waals surface area contributed by atoms with Crippen molar-refractivity contribution in [3.63, 3.8) is 0 Å². The minimum Gasteiger partial charge on any atom is -0.337 e. The Hall–Kier alpha value is -2.30. The zero-order valence-corrected chi connectivity index (χ0v) is 14.9. The van der Waals surface area contributed by atoms with Gasteiger partial charge in [-0.2, -0.15) is 5.10 Å². The van der Waals surface area contributed by atoms with Crippen LogP contribution in [0.4, 0.5) is 4.79 Å². The first kappa shape index (κ1) is 16.6. The summed E-state index contributed by atoms with van der Waals surface area (Å²) < 4.78 is 1.86. The lowest BCUT2D eigenvalue weighted by molar-refractivity contribution is 0.237. The van der Waals surface area contributed by atoms with Gasteiger partial charge >= 0.3 is 6.03 Å². The molecule has 1 atom stereocenters. The minimum absolute atomic E-state index is 0.0643. The summed E-state index contributed by atoms with van der Waals surface area (Å²) in [5, 5.41) is 10.5. The molecule has 1 fully saturated rings. The summed E-state index contributed by atoms with van der Waals surface area (Å²) in [6.45, 7) is 6.69. The number of aryl methyl sites for hydroxylation is 2. The van der Waals surface area contributed by atoms with E-state index in [1.807, 2.05) is 38.6 Å². The van der Waals surface area contributed by atoms with Crippen LogP contribution in [0.15, 0.2) is 30.3 Å². The first-order valence-corrected chi connectivity index (χ1v) is 8.53. The Bertz CT molecular complexity index is 731. The molecule has 2 N–H and O–H groups in total. The molecule has 1 unspecified atom stereocenters. The molecule has 0 bridgehead atoms. The molecule has 1 aromatic carbocycles. The highest BCUT2D eigenvalue weighted by atomic mass is 16.2. The lowest BCUT2D eigenvalue weighted by Crippen LogP contribution is -2.41. The molecule has 1 saturated carbocycles. The fraction of sp³-hybridized carbons (Fsp3) is 0.474. The Labute approximate surface area is 143 Å². The predicted octanol–water partition coefficient (Wildman–Crippen LogP) is 3.13. The van der Waals surface area contributed by atoms with Gasteiger partial charge in [0.2, 0.25) is 0 Å². The van der Waals surface area contributed by atoms with Gasteiger partial charge in [-0.3, -0.25) is 4.68 Å². The van der Waals surface area contributed by atoms with Crippen LogP contribution in [0.25, 0.3) is 0 Å². The van der Waals surface area contributed by atoms with Crippen molar-refractivity contribution in [3.8, 4) is 0 Å². The Kier molecular flexibility index (Phi) is 4.35. The molecule has 2 amide bonds. The van der Waals surface area contributed by atoms with E-state index in [-0.39, 0.29) is 17.5 Å². The number of amides is 2. The van der Waals surface area contributed by atoms with Gasteiger partial charge in [0.05, 0.1) is 11.7 Å². The number of hydrogen-bond donors (Lipinski definition) is 2. The molecule has 1 aliphatic carbocycles. The van der Waals surface area contributed by atoms with Crippen LogP contribution < -0.4 is 10.6 Å². The summed E-state index contributed by atoms with van der Waals surface area (Å²) in [6, 6.07) is 10.3. The van der Waals surface area contributed by atoms with Crippen molar-refractivity contribution < 1.29 is 4.79 Å². The number of nitrogens with zero attached hydrogens (tertiary/aromatic N) is 2. The highest BCUT2D eigenvalue weighted by molar-refractivity contribution is 5.74. The molecule has 0 aliphatic heterocycles. The third-order valence-corrected chi connectivity index (χ3v) is 5.17. The molecule has 0 spiro atoms. The topological polar surface area (TPSA) is 59.0 Å². The Morgan fingerprint density at radius 1 is 1.29 bits per heavy atom. The first-order chi connectivity index (χ1) is 11.4. The van der Waals surface area contributed by atoms with Crippen LogP contribution in [0.2, 0.25) is 0 Å². The summed E-state index contributed by atoms with van der Waals surface area (Å²) in [6.07, 6.45) is 2.27. The van der Waals surface area contributed by atoms with E-state index in [2.05, 4.69) is 40.0 Å². The van der Waals surface area contributed by atoms with Gasteiger partial charge in [-0.25, -0.2) is 4.79 Å². The van der Waals surface area contributed by atoms with Crippen LogP contribution >= 0.6 is 0 Å². The maximum atomic E-state index is 12.3. The average Bonchev–Trinajstić information content (AvgIpc) is 3.30. The number of aromatic nitrogens is 2. The van der Waals surface area contributed by atoms with Gasteiger partial charge in [-0.05, 0) is 39.2 Å². The van der Waals surface area contributed by atoms with Gasteiger partial charge in [0.1, 0.15) is 0 Å². The molecule has 24 heavy (non-hydrogen) atoms. The van der Waals surface area contributed by atoms with Crippen LogP contribution in [0.1, 0.15) is 48.3 Å². The molecule has 5 nitrogen and oxygen atoms in total. The molecule has 5 heteroatoms. The van der Waals surface area contributed by atoms with Gasteiger partial charge in [-0.1, -0.05) is 30.3 Å². The highest BCUT2D eigenvalue weighted by Crippen LogP contribution is 2.47. The number of hydrogen-bond acceptors (Lipinski definition) is 2. The second-order valence-corrected chi connectivity index (χ2v) is 6.90. The largest absolute Gasteiger partial charge is 0.337 e. The molecule has 1 aromatic heterocycles. The maximum absolute atomic E-state index is 12.3. The summed E-state index contributed by atoms with van der Waals surface area (Å²) >= 11 is 0. The molecular weight excluding hydrogens is 300 g/mol. The van der Waals surface area contributed by atoms with Gasteiger partial charge in [0.25, 0.3) is 0 Å². The second-order valence-electron chi connectivity index (χ2n) is 6.90. The summed E-state index contributed by atoms with van der Waals surface area (Å²) in [7, 11) is 1.93. The standard InChI is InChI=1S/C19H26N4O/c1-13(17-14(2)22-23(4)15(17)3)21-18(24)20-12-19(10-11-19)16-8-6-5-7-9-16/h5-9,13H,10-12H2,1-4H3,(H2,20,21,24). The number of nitrogens with one attached hydrogen (secondary N) is 2. The highest BCUT2D eigenvalue weighted by Gasteiger charge is 2.44. The van der Waals surface area contributed by atoms with Crippen LogP contribution in [0.5, 0.6) is 0 Å². The summed E-state index contributed by atoms with van der Waals surface area (Å²) in [4.78, 5) is 12.3. The fourth-order valence-electron chi connectivity index (χ4n) is 3.50. The van der Waals surface area contributed by atoms with Crippen LogP contribution in [0.3, 0.4) is 0 Å². The second kappa shape index (κ2) is 6.30. The van der Waals surface area contributed by atoms with Gasteiger partial charge in [0.15, 0.2) is 0 Å². The summed E-state index contributed by atoms with van der Waals surface area (Å²) in [5.41, 5.74) is 4.59. The van der Waals surface area contributed by atoms with Crippen LogP contribution in [-0.4, -0.2) is 22.4 Å². The Morgan fingerprint density at radius 3 is 2.50 bits per heavy atom. The zero-order valence-electron chi connectivity index (χ0n) is 14.9. The van der Waals surface area contributed by atoms with Crippen molar-refractivity contribution in [2.24, 2.45) is 7.05 Å².